The van der Waals surface area contributed by atoms with E-state index in [2.05, 4.69) is 10.0 Å². The van der Waals surface area contributed by atoms with Gasteiger partial charge in [0.05, 0.1) is 10.5 Å². The Morgan fingerprint density at radius 3 is 2.24 bits per heavy atom. The zero-order valence-electron chi connectivity index (χ0n) is 16.1. The third kappa shape index (κ3) is 6.18. The topological polar surface area (TPSA) is 128 Å². The molecule has 10 heteroatoms. The summed E-state index contributed by atoms with van der Waals surface area (Å²) >= 11 is 5.79. The SMILES string of the molecule is CC(C)NS(=O)(=O)c1ccc(NC(=O)[C@@H](C)OC(=O)c2ccc(Cl)cc2N)cc1. The van der Waals surface area contributed by atoms with Crippen LogP contribution in [0.4, 0.5) is 11.4 Å². The average molecular weight is 440 g/mol. The molecule has 0 unspecified atom stereocenters. The molecule has 2 rings (SSSR count). The lowest BCUT2D eigenvalue weighted by molar-refractivity contribution is -0.123. The third-order valence-corrected chi connectivity index (χ3v) is 5.62. The van der Waals surface area contributed by atoms with Crippen LogP contribution >= 0.6 is 11.6 Å². The number of hydrogen-bond acceptors (Lipinski definition) is 6. The fourth-order valence-electron chi connectivity index (χ4n) is 2.34. The molecule has 0 heterocycles. The van der Waals surface area contributed by atoms with Crippen LogP contribution in [0.25, 0.3) is 0 Å². The fraction of sp³-hybridized carbons (Fsp3) is 0.263. The van der Waals surface area contributed by atoms with E-state index in [4.69, 9.17) is 22.1 Å². The van der Waals surface area contributed by atoms with Gasteiger partial charge in [-0.2, -0.15) is 0 Å². The number of rotatable bonds is 7. The minimum absolute atomic E-state index is 0.0712. The van der Waals surface area contributed by atoms with E-state index in [9.17, 15) is 18.0 Å². The van der Waals surface area contributed by atoms with E-state index in [0.717, 1.165) is 0 Å². The van der Waals surface area contributed by atoms with E-state index >= 15 is 0 Å². The highest BCUT2D eigenvalue weighted by Gasteiger charge is 2.21. The molecule has 1 amide bonds. The van der Waals surface area contributed by atoms with Crippen molar-refractivity contribution in [3.8, 4) is 0 Å². The summed E-state index contributed by atoms with van der Waals surface area (Å²) in [6.07, 6.45) is -1.11. The van der Waals surface area contributed by atoms with Crippen molar-refractivity contribution in [3.05, 3.63) is 53.1 Å². The number of amides is 1. The van der Waals surface area contributed by atoms with Crippen molar-refractivity contribution in [1.82, 2.24) is 4.72 Å². The molecule has 8 nitrogen and oxygen atoms in total. The van der Waals surface area contributed by atoms with E-state index in [1.165, 1.54) is 49.4 Å². The lowest BCUT2D eigenvalue weighted by Crippen LogP contribution is -2.31. The monoisotopic (exact) mass is 439 g/mol. The quantitative estimate of drug-likeness (QED) is 0.449. The van der Waals surface area contributed by atoms with Crippen molar-refractivity contribution >= 4 is 44.9 Å². The summed E-state index contributed by atoms with van der Waals surface area (Å²) < 4.78 is 31.8. The van der Waals surface area contributed by atoms with Gasteiger partial charge in [0.1, 0.15) is 0 Å². The largest absolute Gasteiger partial charge is 0.449 e. The number of anilines is 2. The minimum Gasteiger partial charge on any atom is -0.449 e. The molecular formula is C19H22ClN3O5S. The highest BCUT2D eigenvalue weighted by Crippen LogP contribution is 2.20. The predicted octanol–water partition coefficient (Wildman–Crippen LogP) is 2.79. The molecule has 0 bridgehead atoms. The number of carbonyl (C=O) groups excluding carboxylic acids is 2. The maximum Gasteiger partial charge on any atom is 0.341 e. The summed E-state index contributed by atoms with van der Waals surface area (Å²) in [6.45, 7) is 4.84. The van der Waals surface area contributed by atoms with Gasteiger partial charge in [-0.3, -0.25) is 4.79 Å². The number of carbonyl (C=O) groups is 2. The summed E-state index contributed by atoms with van der Waals surface area (Å²) in [5.41, 5.74) is 6.33. The Hall–Kier alpha value is -2.62. The average Bonchev–Trinajstić information content (AvgIpc) is 2.60. The van der Waals surface area contributed by atoms with E-state index in [1.807, 2.05) is 0 Å². The smallest absolute Gasteiger partial charge is 0.341 e. The Morgan fingerprint density at radius 2 is 1.69 bits per heavy atom. The number of hydrogen-bond donors (Lipinski definition) is 3. The summed E-state index contributed by atoms with van der Waals surface area (Å²) in [6, 6.07) is 9.68. The van der Waals surface area contributed by atoms with Gasteiger partial charge in [0.15, 0.2) is 6.10 Å². The standard InChI is InChI=1S/C19H22ClN3O5S/c1-11(2)23-29(26,27)15-7-5-14(6-8-15)22-18(24)12(3)28-19(25)16-9-4-13(20)10-17(16)21/h4-12,23H,21H2,1-3H3,(H,22,24)/t12-/m1/s1. The number of nitrogens with one attached hydrogen (secondary N) is 2. The molecular weight excluding hydrogens is 418 g/mol. The molecule has 0 aromatic heterocycles. The third-order valence-electron chi connectivity index (χ3n) is 3.71. The van der Waals surface area contributed by atoms with Crippen LogP contribution in [0.3, 0.4) is 0 Å². The molecule has 4 N–H and O–H groups in total. The summed E-state index contributed by atoms with van der Waals surface area (Å²) in [5.74, 6) is -1.34. The molecule has 156 valence electrons. The van der Waals surface area contributed by atoms with Gasteiger partial charge in [-0.05, 0) is 63.2 Å². The van der Waals surface area contributed by atoms with Gasteiger partial charge >= 0.3 is 5.97 Å². The predicted molar refractivity (Wildman–Crippen MR) is 111 cm³/mol. The van der Waals surface area contributed by atoms with Crippen molar-refractivity contribution < 1.29 is 22.7 Å². The molecule has 0 saturated carbocycles. The van der Waals surface area contributed by atoms with Crippen LogP contribution in [0.2, 0.25) is 5.02 Å². The Balaban J connectivity index is 2.01. The maximum absolute atomic E-state index is 12.3. The molecule has 0 aliphatic rings. The van der Waals surface area contributed by atoms with Gasteiger partial charge in [-0.15, -0.1) is 0 Å². The molecule has 0 aliphatic heterocycles. The highest BCUT2D eigenvalue weighted by molar-refractivity contribution is 7.89. The van der Waals surface area contributed by atoms with Crippen LogP contribution in [0, 0.1) is 0 Å². The first-order chi connectivity index (χ1) is 13.5. The number of esters is 1. The van der Waals surface area contributed by atoms with Crippen molar-refractivity contribution in [3.63, 3.8) is 0 Å². The Kier molecular flexibility index (Phi) is 7.23. The second-order valence-electron chi connectivity index (χ2n) is 6.57. The van der Waals surface area contributed by atoms with E-state index in [1.54, 1.807) is 13.8 Å². The van der Waals surface area contributed by atoms with Crippen molar-refractivity contribution in [1.29, 1.82) is 0 Å². The molecule has 0 spiro atoms. The lowest BCUT2D eigenvalue weighted by atomic mass is 10.2. The second kappa shape index (κ2) is 9.25. The number of ether oxygens (including phenoxy) is 1. The first-order valence-electron chi connectivity index (χ1n) is 8.69. The Labute approximate surface area is 174 Å². The molecule has 1 atom stereocenters. The summed E-state index contributed by atoms with van der Waals surface area (Å²) in [5, 5.41) is 2.93. The van der Waals surface area contributed by atoms with Crippen LogP contribution in [-0.4, -0.2) is 32.4 Å². The highest BCUT2D eigenvalue weighted by atomic mass is 35.5. The number of halogens is 1. The second-order valence-corrected chi connectivity index (χ2v) is 8.72. The molecule has 2 aromatic rings. The molecule has 0 aliphatic carbocycles. The van der Waals surface area contributed by atoms with Crippen LogP contribution in [0.15, 0.2) is 47.4 Å². The van der Waals surface area contributed by atoms with Gasteiger partial charge in [0, 0.05) is 22.4 Å². The van der Waals surface area contributed by atoms with E-state index in [-0.39, 0.29) is 22.2 Å². The van der Waals surface area contributed by atoms with Crippen LogP contribution in [0.5, 0.6) is 0 Å². The van der Waals surface area contributed by atoms with E-state index < -0.39 is 28.0 Å². The summed E-state index contributed by atoms with van der Waals surface area (Å²) in [7, 11) is -3.63. The van der Waals surface area contributed by atoms with E-state index in [0.29, 0.717) is 10.7 Å². The Bertz CT molecular complexity index is 1010. The maximum atomic E-state index is 12.3. The van der Waals surface area contributed by atoms with Crippen LogP contribution in [0.1, 0.15) is 31.1 Å². The molecule has 0 fully saturated rings. The number of nitrogen functional groups attached to an aromatic ring is 1. The van der Waals surface area contributed by atoms with Gasteiger partial charge in [0.25, 0.3) is 5.91 Å². The summed E-state index contributed by atoms with van der Waals surface area (Å²) in [4.78, 5) is 24.5. The van der Waals surface area contributed by atoms with Crippen molar-refractivity contribution in [2.45, 2.75) is 37.8 Å². The zero-order valence-corrected chi connectivity index (χ0v) is 17.7. The first kappa shape index (κ1) is 22.7. The van der Waals surface area contributed by atoms with Crippen LogP contribution in [-0.2, 0) is 19.6 Å². The number of benzene rings is 2. The normalized spacial score (nSPS) is 12.4. The van der Waals surface area contributed by atoms with Crippen molar-refractivity contribution in [2.24, 2.45) is 0 Å². The van der Waals surface area contributed by atoms with Crippen LogP contribution < -0.4 is 15.8 Å². The van der Waals surface area contributed by atoms with Gasteiger partial charge < -0.3 is 15.8 Å². The Morgan fingerprint density at radius 1 is 1.07 bits per heavy atom. The molecule has 0 radical (unpaired) electrons. The van der Waals surface area contributed by atoms with Crippen molar-refractivity contribution in [2.75, 3.05) is 11.1 Å². The number of sulfonamides is 1. The number of nitrogens with two attached hydrogens (primary N) is 1. The molecule has 0 saturated heterocycles. The van der Waals surface area contributed by atoms with Gasteiger partial charge in [0.2, 0.25) is 10.0 Å². The lowest BCUT2D eigenvalue weighted by Gasteiger charge is -2.15. The first-order valence-corrected chi connectivity index (χ1v) is 10.5. The zero-order chi connectivity index (χ0) is 21.8. The molecule has 2 aromatic carbocycles. The fourth-order valence-corrected chi connectivity index (χ4v) is 3.77. The van der Waals surface area contributed by atoms with Gasteiger partial charge in [-0.25, -0.2) is 17.9 Å². The molecule has 29 heavy (non-hydrogen) atoms. The minimum atomic E-state index is -3.63. The van der Waals surface area contributed by atoms with Gasteiger partial charge in [-0.1, -0.05) is 11.6 Å².